The summed E-state index contributed by atoms with van der Waals surface area (Å²) in [4.78, 5) is 14.0. The molecule has 0 unspecified atom stereocenters. The lowest BCUT2D eigenvalue weighted by Gasteiger charge is -2.33. The number of sulfonamides is 1. The maximum absolute atomic E-state index is 14.0. The molecule has 4 rings (SSSR count). The number of hydrogen-bond donors (Lipinski definition) is 1. The summed E-state index contributed by atoms with van der Waals surface area (Å²) in [6.45, 7) is 1.87. The summed E-state index contributed by atoms with van der Waals surface area (Å²) in [7, 11) is -2.70. The minimum absolute atomic E-state index is 0.0662. The summed E-state index contributed by atoms with van der Waals surface area (Å²) in [5.74, 6) is -0.767. The van der Waals surface area contributed by atoms with Gasteiger partial charge in [-0.1, -0.05) is 109 Å². The van der Waals surface area contributed by atoms with E-state index < -0.39 is 28.0 Å². The Morgan fingerprint density at radius 1 is 0.694 bits per heavy atom. The van der Waals surface area contributed by atoms with Crippen molar-refractivity contribution in [3.8, 4) is 0 Å². The molecule has 1 atom stereocenters. The summed E-state index contributed by atoms with van der Waals surface area (Å²) in [6, 6.07) is 31.2. The van der Waals surface area contributed by atoms with Crippen LogP contribution in [0.1, 0.15) is 34.3 Å². The van der Waals surface area contributed by atoms with Crippen molar-refractivity contribution in [1.29, 1.82) is 0 Å². The van der Waals surface area contributed by atoms with Gasteiger partial charge in [0.1, 0.15) is 12.1 Å². The second kappa shape index (κ2) is 10.9. The number of likely N-dealkylation sites (N-methyl/N-ethyl adjacent to an activating group) is 1. The van der Waals surface area contributed by atoms with Gasteiger partial charge in [0, 0.05) is 7.05 Å². The van der Waals surface area contributed by atoms with E-state index in [4.69, 9.17) is 0 Å². The minimum Gasteiger partial charge on any atom is -0.285 e. The van der Waals surface area contributed by atoms with Crippen LogP contribution in [0.5, 0.6) is 0 Å². The molecule has 36 heavy (non-hydrogen) atoms. The third kappa shape index (κ3) is 5.23. The van der Waals surface area contributed by atoms with E-state index in [2.05, 4.69) is 0 Å². The molecule has 0 saturated heterocycles. The van der Waals surface area contributed by atoms with Crippen molar-refractivity contribution in [2.24, 2.45) is 0 Å². The van der Waals surface area contributed by atoms with E-state index in [0.29, 0.717) is 21.8 Å². The lowest BCUT2D eigenvalue weighted by molar-refractivity contribution is -0.177. The molecule has 1 N–H and O–H groups in total. The summed E-state index contributed by atoms with van der Waals surface area (Å²) in [5.41, 5.74) is 2.74. The molecule has 184 valence electrons. The van der Waals surface area contributed by atoms with Gasteiger partial charge in [-0.15, -0.1) is 0 Å². The van der Waals surface area contributed by atoms with Crippen molar-refractivity contribution in [2.45, 2.75) is 23.9 Å². The van der Waals surface area contributed by atoms with E-state index in [-0.39, 0.29) is 4.90 Å². The van der Waals surface area contributed by atoms with Crippen LogP contribution in [0.25, 0.3) is 0 Å². The number of hydroxylamine groups is 2. The van der Waals surface area contributed by atoms with Crippen molar-refractivity contribution in [3.63, 3.8) is 0 Å². The highest BCUT2D eigenvalue weighted by Crippen LogP contribution is 2.33. The summed E-state index contributed by atoms with van der Waals surface area (Å²) in [6.07, 6.45) is 0. The van der Waals surface area contributed by atoms with Crippen LogP contribution in [-0.2, 0) is 14.8 Å². The fourth-order valence-electron chi connectivity index (χ4n) is 4.16. The Morgan fingerprint density at radius 2 is 1.11 bits per heavy atom. The molecule has 0 aliphatic carbocycles. The normalized spacial score (nSPS) is 12.5. The van der Waals surface area contributed by atoms with Crippen LogP contribution in [0.2, 0.25) is 0 Å². The molecular formula is C29H28N2O4S. The van der Waals surface area contributed by atoms with Crippen molar-refractivity contribution >= 4 is 15.9 Å². The minimum atomic E-state index is -4.06. The highest BCUT2D eigenvalue weighted by molar-refractivity contribution is 7.89. The van der Waals surface area contributed by atoms with E-state index in [1.54, 1.807) is 42.5 Å². The molecule has 0 aromatic heterocycles. The fraction of sp³-hybridized carbons (Fsp3) is 0.138. The Kier molecular flexibility index (Phi) is 7.64. The predicted octanol–water partition coefficient (Wildman–Crippen LogP) is 5.36. The molecule has 0 aliphatic rings. The van der Waals surface area contributed by atoms with Gasteiger partial charge in [0.05, 0.1) is 4.90 Å². The van der Waals surface area contributed by atoms with E-state index >= 15 is 0 Å². The second-order valence-corrected chi connectivity index (χ2v) is 10.6. The Hall–Kier alpha value is -3.78. The standard InChI is InChI=1S/C29H28N2O4S/c1-22-18-20-26(21-19-22)36(34,35)30(2)28(25-16-10-5-11-17-25)29(32)31(33)27(23-12-6-3-7-13-23)24-14-8-4-9-15-24/h3-21,27-28,33H,1-2H3/t28-/m1/s1. The van der Waals surface area contributed by atoms with Crippen molar-refractivity contribution in [3.05, 3.63) is 138 Å². The molecule has 0 saturated carbocycles. The zero-order chi connectivity index (χ0) is 25.7. The van der Waals surface area contributed by atoms with Gasteiger partial charge >= 0.3 is 0 Å². The first-order valence-electron chi connectivity index (χ1n) is 11.5. The van der Waals surface area contributed by atoms with Gasteiger partial charge in [0.25, 0.3) is 5.91 Å². The number of nitrogens with zero attached hydrogens (tertiary/aromatic N) is 2. The SMILES string of the molecule is Cc1ccc(S(=O)(=O)N(C)[C@@H](C(=O)N(O)C(c2ccccc2)c2ccccc2)c2ccccc2)cc1. The van der Waals surface area contributed by atoms with Gasteiger partial charge in [0.15, 0.2) is 0 Å². The van der Waals surface area contributed by atoms with Crippen LogP contribution >= 0.6 is 0 Å². The van der Waals surface area contributed by atoms with Crippen LogP contribution in [-0.4, -0.2) is 35.9 Å². The maximum atomic E-state index is 14.0. The number of carbonyl (C=O) groups excluding carboxylic acids is 1. The molecule has 0 aliphatic heterocycles. The third-order valence-electron chi connectivity index (χ3n) is 6.11. The zero-order valence-corrected chi connectivity index (χ0v) is 20.9. The number of rotatable bonds is 8. The molecule has 0 radical (unpaired) electrons. The Labute approximate surface area is 212 Å². The summed E-state index contributed by atoms with van der Waals surface area (Å²) in [5, 5.41) is 12.0. The highest BCUT2D eigenvalue weighted by atomic mass is 32.2. The van der Waals surface area contributed by atoms with E-state index in [1.807, 2.05) is 67.6 Å². The largest absolute Gasteiger partial charge is 0.285 e. The first-order valence-corrected chi connectivity index (χ1v) is 13.0. The first kappa shape index (κ1) is 25.3. The molecule has 0 spiro atoms. The molecule has 4 aromatic carbocycles. The van der Waals surface area contributed by atoms with Crippen molar-refractivity contribution < 1.29 is 18.4 Å². The summed E-state index contributed by atoms with van der Waals surface area (Å²) < 4.78 is 28.2. The molecule has 1 amide bonds. The Morgan fingerprint density at radius 3 is 1.56 bits per heavy atom. The van der Waals surface area contributed by atoms with E-state index in [1.165, 1.54) is 19.2 Å². The van der Waals surface area contributed by atoms with Gasteiger partial charge in [0.2, 0.25) is 10.0 Å². The zero-order valence-electron chi connectivity index (χ0n) is 20.1. The van der Waals surface area contributed by atoms with E-state index in [0.717, 1.165) is 9.87 Å². The topological polar surface area (TPSA) is 77.9 Å². The highest BCUT2D eigenvalue weighted by Gasteiger charge is 2.39. The quantitative estimate of drug-likeness (QED) is 0.261. The van der Waals surface area contributed by atoms with Crippen LogP contribution in [0, 0.1) is 6.92 Å². The van der Waals surface area contributed by atoms with Crippen molar-refractivity contribution in [2.75, 3.05) is 7.05 Å². The molecular weight excluding hydrogens is 472 g/mol. The van der Waals surface area contributed by atoms with Gasteiger partial charge in [-0.2, -0.15) is 4.31 Å². The average molecular weight is 501 g/mol. The molecule has 0 bridgehead atoms. The monoisotopic (exact) mass is 500 g/mol. The van der Waals surface area contributed by atoms with Crippen molar-refractivity contribution in [1.82, 2.24) is 9.37 Å². The van der Waals surface area contributed by atoms with Crippen LogP contribution in [0.4, 0.5) is 0 Å². The predicted molar refractivity (Wildman–Crippen MR) is 139 cm³/mol. The number of benzene rings is 4. The smallest absolute Gasteiger partial charge is 0.269 e. The number of hydrogen-bond acceptors (Lipinski definition) is 4. The maximum Gasteiger partial charge on any atom is 0.269 e. The molecule has 7 heteroatoms. The second-order valence-electron chi connectivity index (χ2n) is 8.55. The molecule has 0 fully saturated rings. The molecule has 6 nitrogen and oxygen atoms in total. The number of carbonyl (C=O) groups is 1. The van der Waals surface area contributed by atoms with Crippen LogP contribution < -0.4 is 0 Å². The lowest BCUT2D eigenvalue weighted by atomic mass is 9.97. The first-order chi connectivity index (χ1) is 17.3. The lowest BCUT2D eigenvalue weighted by Crippen LogP contribution is -2.44. The van der Waals surface area contributed by atoms with Gasteiger partial charge in [-0.25, -0.2) is 13.5 Å². The number of amides is 1. The Balaban J connectivity index is 1.79. The third-order valence-corrected chi connectivity index (χ3v) is 7.95. The summed E-state index contributed by atoms with van der Waals surface area (Å²) >= 11 is 0. The van der Waals surface area contributed by atoms with E-state index in [9.17, 15) is 18.4 Å². The molecule has 0 heterocycles. The van der Waals surface area contributed by atoms with Gasteiger partial charge < -0.3 is 0 Å². The van der Waals surface area contributed by atoms with Gasteiger partial charge in [-0.3, -0.25) is 10.0 Å². The molecule has 4 aromatic rings. The Bertz CT molecular complexity index is 1350. The van der Waals surface area contributed by atoms with Crippen LogP contribution in [0.3, 0.4) is 0 Å². The number of aryl methyl sites for hydroxylation is 1. The van der Waals surface area contributed by atoms with Crippen LogP contribution in [0.15, 0.2) is 120 Å². The fourth-order valence-corrected chi connectivity index (χ4v) is 5.46. The van der Waals surface area contributed by atoms with Gasteiger partial charge in [-0.05, 0) is 35.7 Å². The average Bonchev–Trinajstić information content (AvgIpc) is 2.91.